The molecule has 0 saturated heterocycles. The van der Waals surface area contributed by atoms with Gasteiger partial charge in [0.25, 0.3) is 0 Å². The van der Waals surface area contributed by atoms with Crippen LogP contribution in [0.5, 0.6) is 5.75 Å². The van der Waals surface area contributed by atoms with Gasteiger partial charge in [0.1, 0.15) is 56.7 Å². The summed E-state index contributed by atoms with van der Waals surface area (Å²) in [5.41, 5.74) is 0. The van der Waals surface area contributed by atoms with E-state index in [-0.39, 0.29) is 24.6 Å². The lowest BCUT2D eigenvalue weighted by atomic mass is 10.3. The van der Waals surface area contributed by atoms with Gasteiger partial charge in [-0.25, -0.2) is 23.5 Å². The van der Waals surface area contributed by atoms with Gasteiger partial charge in [-0.1, -0.05) is 0 Å². The minimum atomic E-state index is -3.89. The predicted molar refractivity (Wildman–Crippen MR) is 170 cm³/mol. The van der Waals surface area contributed by atoms with Gasteiger partial charge in [0.2, 0.25) is 21.8 Å². The first kappa shape index (κ1) is 39.6. The van der Waals surface area contributed by atoms with E-state index in [4.69, 9.17) is 30.3 Å². The van der Waals surface area contributed by atoms with Gasteiger partial charge >= 0.3 is 23.9 Å². The Morgan fingerprint density at radius 2 is 1.12 bits per heavy atom. The first-order valence-electron chi connectivity index (χ1n) is 14.9. The zero-order valence-corrected chi connectivity index (χ0v) is 27.8. The molecule has 1 aromatic carbocycles. The molecule has 2 aromatic heterocycles. The molecule has 0 fully saturated rings. The summed E-state index contributed by atoms with van der Waals surface area (Å²) in [5, 5.41) is 41.7. The lowest BCUT2D eigenvalue weighted by Crippen LogP contribution is -2.41. The zero-order valence-electron chi connectivity index (χ0n) is 27.0. The number of carbonyl (C=O) groups is 6. The molecule has 51 heavy (non-hydrogen) atoms. The third-order valence-electron chi connectivity index (χ3n) is 6.99. The van der Waals surface area contributed by atoms with Crippen LogP contribution in [0.3, 0.4) is 0 Å². The molecule has 0 bridgehead atoms. The second-order valence-corrected chi connectivity index (χ2v) is 12.5. The molecule has 2 heterocycles. The smallest absolute Gasteiger partial charge is 0.323 e. The van der Waals surface area contributed by atoms with Gasteiger partial charge in [0.15, 0.2) is 0 Å². The van der Waals surface area contributed by atoms with Crippen molar-refractivity contribution in [2.24, 2.45) is 5.14 Å². The van der Waals surface area contributed by atoms with Crippen molar-refractivity contribution in [3.8, 4) is 5.75 Å². The van der Waals surface area contributed by atoms with E-state index in [9.17, 15) is 37.2 Å². The quantitative estimate of drug-likeness (QED) is 0.0710. The number of amides is 2. The molecule has 0 aliphatic heterocycles. The van der Waals surface area contributed by atoms with E-state index < -0.39 is 85.0 Å². The first-order valence-corrected chi connectivity index (χ1v) is 16.5. The molecule has 2 amide bonds. The number of ether oxygens (including phenoxy) is 1. The average Bonchev–Trinajstić information content (AvgIpc) is 3.65. The second-order valence-electron chi connectivity index (χ2n) is 10.9. The maximum absolute atomic E-state index is 12.9. The summed E-state index contributed by atoms with van der Waals surface area (Å²) in [6, 6.07) is 5.47. The Balaban J connectivity index is 1.79. The molecule has 0 aliphatic carbocycles. The van der Waals surface area contributed by atoms with E-state index in [2.05, 4.69) is 9.97 Å². The third kappa shape index (κ3) is 13.2. The van der Waals surface area contributed by atoms with Gasteiger partial charge < -0.3 is 44.1 Å². The van der Waals surface area contributed by atoms with Crippen LogP contribution in [0, 0.1) is 0 Å². The highest BCUT2D eigenvalue weighted by molar-refractivity contribution is 7.89. The number of hydrogen-bond acceptors (Lipinski definition) is 12. The van der Waals surface area contributed by atoms with E-state index in [1.807, 2.05) is 4.90 Å². The van der Waals surface area contributed by atoms with Crippen LogP contribution in [0.2, 0.25) is 0 Å². The highest BCUT2D eigenvalue weighted by Crippen LogP contribution is 2.16. The number of hydrogen-bond donors (Lipinski definition) is 5. The SMILES string of the molecule is NS(=O)(=O)c1ccc(OCCCN(Cc2nccn2CC(=O)N(CC(=O)O)CC(=O)O)Cc2nccn2CC(=O)N(CC(=O)O)CC(=O)O)cc1. The molecule has 3 aromatic rings. The Kier molecular flexibility index (Phi) is 14.1. The maximum Gasteiger partial charge on any atom is 0.323 e. The molecule has 21 nitrogen and oxygen atoms in total. The molecular weight excluding hydrogens is 700 g/mol. The molecule has 0 spiro atoms. The molecule has 0 atom stereocenters. The Bertz CT molecular complexity index is 1700. The van der Waals surface area contributed by atoms with Crippen molar-refractivity contribution in [3.63, 3.8) is 0 Å². The van der Waals surface area contributed by atoms with Crippen molar-refractivity contribution in [1.82, 2.24) is 33.8 Å². The van der Waals surface area contributed by atoms with Crippen molar-refractivity contribution in [2.75, 3.05) is 39.3 Å². The first-order chi connectivity index (χ1) is 24.0. The lowest BCUT2D eigenvalue weighted by molar-refractivity contribution is -0.150. The zero-order chi connectivity index (χ0) is 37.7. The summed E-state index contributed by atoms with van der Waals surface area (Å²) in [4.78, 5) is 82.3. The van der Waals surface area contributed by atoms with Crippen LogP contribution in [-0.4, -0.2) is 138 Å². The second kappa shape index (κ2) is 18.2. The highest BCUT2D eigenvalue weighted by atomic mass is 32.2. The Labute approximate surface area is 290 Å². The van der Waals surface area contributed by atoms with E-state index in [0.29, 0.717) is 40.2 Å². The lowest BCUT2D eigenvalue weighted by Gasteiger charge is -2.24. The summed E-state index contributed by atoms with van der Waals surface area (Å²) in [7, 11) is -3.89. The van der Waals surface area contributed by atoms with E-state index >= 15 is 0 Å². The van der Waals surface area contributed by atoms with Gasteiger partial charge in [0.05, 0.1) is 24.6 Å². The number of carboxylic acid groups (broad SMARTS) is 4. The van der Waals surface area contributed by atoms with Gasteiger partial charge in [-0.05, 0) is 30.7 Å². The van der Waals surface area contributed by atoms with Crippen LogP contribution in [0.4, 0.5) is 0 Å². The summed E-state index contributed by atoms with van der Waals surface area (Å²) in [5.74, 6) is -6.12. The van der Waals surface area contributed by atoms with Crippen LogP contribution in [-0.2, 0) is 65.0 Å². The van der Waals surface area contributed by atoms with Crippen molar-refractivity contribution < 1.29 is 62.3 Å². The topological polar surface area (TPSA) is 298 Å². The van der Waals surface area contributed by atoms with Crippen molar-refractivity contribution >= 4 is 45.7 Å². The van der Waals surface area contributed by atoms with E-state index in [1.165, 1.54) is 58.2 Å². The number of carbonyl (C=O) groups excluding carboxylic acids is 2. The number of aliphatic carboxylic acids is 4. The number of sulfonamides is 1. The Morgan fingerprint density at radius 1 is 0.706 bits per heavy atom. The largest absolute Gasteiger partial charge is 0.494 e. The van der Waals surface area contributed by atoms with Crippen LogP contribution in [0.15, 0.2) is 53.9 Å². The number of aromatic nitrogens is 4. The Hall–Kier alpha value is -5.87. The number of imidazole rings is 2. The molecule has 0 radical (unpaired) electrons. The fourth-order valence-electron chi connectivity index (χ4n) is 4.70. The third-order valence-corrected chi connectivity index (χ3v) is 7.92. The van der Waals surface area contributed by atoms with Gasteiger partial charge in [-0.15, -0.1) is 0 Å². The van der Waals surface area contributed by atoms with Gasteiger partial charge in [-0.3, -0.25) is 33.7 Å². The minimum absolute atomic E-state index is 0.0617. The molecule has 0 saturated carbocycles. The standard InChI is InChI=1S/C29H36N8O13S/c30-51(48,49)21-4-2-20(3-5-21)50-11-1-8-33(12-22-31-6-9-34(22)14-24(38)36(16-26(40)41)17-27(42)43)13-23-32-7-10-35(23)15-25(39)37(18-28(44)45)19-29(46)47/h2-7,9-10H,1,8,11-19H2,(H,40,41)(H,42,43)(H,44,45)(H,46,47)(H2,30,48,49). The fraction of sp³-hybridized carbons (Fsp3) is 0.379. The number of nitrogens with two attached hydrogens (primary N) is 1. The summed E-state index contributed by atoms with van der Waals surface area (Å²) in [6.07, 6.45) is 6.09. The van der Waals surface area contributed by atoms with E-state index in [0.717, 1.165) is 0 Å². The van der Waals surface area contributed by atoms with Crippen molar-refractivity contribution in [2.45, 2.75) is 37.5 Å². The van der Waals surface area contributed by atoms with Gasteiger partial charge in [-0.2, -0.15) is 0 Å². The molecule has 0 aliphatic rings. The minimum Gasteiger partial charge on any atom is -0.494 e. The van der Waals surface area contributed by atoms with Gasteiger partial charge in [0, 0.05) is 31.3 Å². The van der Waals surface area contributed by atoms with Crippen LogP contribution in [0.25, 0.3) is 0 Å². The number of rotatable bonds is 22. The average molecular weight is 737 g/mol. The van der Waals surface area contributed by atoms with Crippen LogP contribution >= 0.6 is 0 Å². The summed E-state index contributed by atoms with van der Waals surface area (Å²) in [6.45, 7) is -3.59. The Morgan fingerprint density at radius 3 is 1.49 bits per heavy atom. The summed E-state index contributed by atoms with van der Waals surface area (Å²) < 4.78 is 31.6. The van der Waals surface area contributed by atoms with Crippen molar-refractivity contribution in [3.05, 3.63) is 60.7 Å². The van der Waals surface area contributed by atoms with E-state index in [1.54, 1.807) is 0 Å². The number of nitrogens with zero attached hydrogens (tertiary/aromatic N) is 7. The summed E-state index contributed by atoms with van der Waals surface area (Å²) >= 11 is 0. The predicted octanol–water partition coefficient (Wildman–Crippen LogP) is -1.81. The molecule has 3 rings (SSSR count). The van der Waals surface area contributed by atoms with Crippen LogP contribution in [0.1, 0.15) is 18.1 Å². The number of benzene rings is 1. The highest BCUT2D eigenvalue weighted by Gasteiger charge is 2.24. The molecule has 6 N–H and O–H groups in total. The molecule has 0 unspecified atom stereocenters. The van der Waals surface area contributed by atoms with Crippen LogP contribution < -0.4 is 9.88 Å². The number of primary sulfonamides is 1. The van der Waals surface area contributed by atoms with Crippen molar-refractivity contribution in [1.29, 1.82) is 0 Å². The fourth-order valence-corrected chi connectivity index (χ4v) is 5.21. The molecular formula is C29H36N8O13S. The number of carboxylic acids is 4. The molecule has 22 heteroatoms. The molecule has 276 valence electrons. The maximum atomic E-state index is 12.9. The normalized spacial score (nSPS) is 11.3. The monoisotopic (exact) mass is 736 g/mol.